The minimum Gasteiger partial charge on any atom is -0.378 e. The smallest absolute Gasteiger partial charge is 0.243 e. The van der Waals surface area contributed by atoms with Gasteiger partial charge in [-0.1, -0.05) is 22.0 Å². The number of halogens is 1. The van der Waals surface area contributed by atoms with Crippen LogP contribution in [-0.4, -0.2) is 38.5 Å². The molecule has 18 heavy (non-hydrogen) atoms. The molecular formula is C12H16BrNO3S. The number of ether oxygens (including phenoxy) is 1. The highest BCUT2D eigenvalue weighted by atomic mass is 79.9. The molecule has 6 heteroatoms. The summed E-state index contributed by atoms with van der Waals surface area (Å²) in [5.41, 5.74) is 0.761. The van der Waals surface area contributed by atoms with Gasteiger partial charge in [-0.15, -0.1) is 0 Å². The van der Waals surface area contributed by atoms with Crippen molar-refractivity contribution in [1.29, 1.82) is 0 Å². The molecule has 0 bridgehead atoms. The molecule has 100 valence electrons. The normalized spacial score (nSPS) is 22.1. The Hall–Kier alpha value is -0.430. The van der Waals surface area contributed by atoms with Crippen LogP contribution in [0, 0.1) is 6.92 Å². The monoisotopic (exact) mass is 333 g/mol. The summed E-state index contributed by atoms with van der Waals surface area (Å²) in [6, 6.07) is 5.19. The van der Waals surface area contributed by atoms with E-state index < -0.39 is 10.0 Å². The molecule has 1 aromatic rings. The van der Waals surface area contributed by atoms with Crippen LogP contribution in [0.4, 0.5) is 0 Å². The first-order valence-corrected chi connectivity index (χ1v) is 8.02. The van der Waals surface area contributed by atoms with Gasteiger partial charge in [0.05, 0.1) is 18.1 Å². The summed E-state index contributed by atoms with van der Waals surface area (Å²) < 4.78 is 32.8. The van der Waals surface area contributed by atoms with Gasteiger partial charge in [0.1, 0.15) is 0 Å². The van der Waals surface area contributed by atoms with Crippen molar-refractivity contribution in [1.82, 2.24) is 4.31 Å². The van der Waals surface area contributed by atoms with Crippen molar-refractivity contribution in [3.05, 3.63) is 28.2 Å². The Morgan fingerprint density at radius 3 is 2.83 bits per heavy atom. The van der Waals surface area contributed by atoms with Crippen LogP contribution >= 0.6 is 15.9 Å². The van der Waals surface area contributed by atoms with Gasteiger partial charge < -0.3 is 4.74 Å². The molecule has 1 atom stereocenters. The lowest BCUT2D eigenvalue weighted by molar-refractivity contribution is 0.0392. The molecule has 0 amide bonds. The Kier molecular flexibility index (Phi) is 4.11. The van der Waals surface area contributed by atoms with E-state index in [1.54, 1.807) is 6.07 Å². The van der Waals surface area contributed by atoms with Crippen LogP contribution in [-0.2, 0) is 14.8 Å². The van der Waals surface area contributed by atoms with Gasteiger partial charge in [-0.05, 0) is 31.5 Å². The molecule has 4 nitrogen and oxygen atoms in total. The zero-order valence-electron chi connectivity index (χ0n) is 10.4. The van der Waals surface area contributed by atoms with Gasteiger partial charge in [-0.25, -0.2) is 8.42 Å². The molecule has 1 saturated heterocycles. The molecule has 1 fully saturated rings. The molecule has 0 spiro atoms. The summed E-state index contributed by atoms with van der Waals surface area (Å²) in [5, 5.41) is 0. The van der Waals surface area contributed by atoms with Gasteiger partial charge in [-0.3, -0.25) is 0 Å². The number of rotatable bonds is 2. The molecule has 1 aromatic carbocycles. The zero-order valence-corrected chi connectivity index (χ0v) is 12.8. The molecule has 1 aliphatic heterocycles. The first kappa shape index (κ1) is 14.0. The lowest BCUT2D eigenvalue weighted by atomic mass is 10.2. The largest absolute Gasteiger partial charge is 0.378 e. The van der Waals surface area contributed by atoms with Crippen molar-refractivity contribution in [2.24, 2.45) is 0 Å². The predicted molar refractivity (Wildman–Crippen MR) is 73.1 cm³/mol. The second-order valence-electron chi connectivity index (χ2n) is 4.45. The van der Waals surface area contributed by atoms with E-state index in [1.807, 2.05) is 26.0 Å². The van der Waals surface area contributed by atoms with E-state index in [4.69, 9.17) is 4.74 Å². The third-order valence-corrected chi connectivity index (χ3v) is 5.69. The fourth-order valence-corrected chi connectivity index (χ4v) is 4.41. The van der Waals surface area contributed by atoms with Gasteiger partial charge in [0, 0.05) is 17.1 Å². The van der Waals surface area contributed by atoms with Crippen molar-refractivity contribution >= 4 is 26.0 Å². The number of morpholine rings is 1. The van der Waals surface area contributed by atoms with Crippen LogP contribution in [0.15, 0.2) is 27.6 Å². The number of hydrogen-bond acceptors (Lipinski definition) is 3. The van der Waals surface area contributed by atoms with Gasteiger partial charge in [0.15, 0.2) is 0 Å². The quantitative estimate of drug-likeness (QED) is 0.833. The van der Waals surface area contributed by atoms with Gasteiger partial charge in [0.2, 0.25) is 10.0 Å². The first-order valence-electron chi connectivity index (χ1n) is 5.78. The van der Waals surface area contributed by atoms with Gasteiger partial charge in [0.25, 0.3) is 0 Å². The third kappa shape index (κ3) is 2.61. The van der Waals surface area contributed by atoms with E-state index >= 15 is 0 Å². The predicted octanol–water partition coefficient (Wildman–Crippen LogP) is 2.17. The van der Waals surface area contributed by atoms with E-state index in [-0.39, 0.29) is 6.04 Å². The highest BCUT2D eigenvalue weighted by Gasteiger charge is 2.32. The van der Waals surface area contributed by atoms with Crippen molar-refractivity contribution in [3.63, 3.8) is 0 Å². The molecule has 0 saturated carbocycles. The molecule has 2 rings (SSSR count). The van der Waals surface area contributed by atoms with E-state index in [0.29, 0.717) is 24.7 Å². The number of nitrogens with zero attached hydrogens (tertiary/aromatic N) is 1. The number of aryl methyl sites for hydroxylation is 1. The number of benzene rings is 1. The Labute approximate surface area is 116 Å². The number of sulfonamides is 1. The summed E-state index contributed by atoms with van der Waals surface area (Å²) in [6.07, 6.45) is 0. The van der Waals surface area contributed by atoms with Gasteiger partial charge in [-0.2, -0.15) is 4.31 Å². The average Bonchev–Trinajstić information content (AvgIpc) is 2.32. The summed E-state index contributed by atoms with van der Waals surface area (Å²) >= 11 is 3.32. The minimum atomic E-state index is -3.44. The first-order chi connectivity index (χ1) is 8.43. The Balaban J connectivity index is 2.44. The fraction of sp³-hybridized carbons (Fsp3) is 0.500. The summed E-state index contributed by atoms with van der Waals surface area (Å²) in [6.45, 7) is 4.99. The second-order valence-corrected chi connectivity index (χ2v) is 7.22. The SMILES string of the molecule is Cc1ccc(Br)cc1S(=O)(=O)N1CCOCC1C. The molecular weight excluding hydrogens is 318 g/mol. The summed E-state index contributed by atoms with van der Waals surface area (Å²) in [7, 11) is -3.44. The molecule has 1 heterocycles. The average molecular weight is 334 g/mol. The second kappa shape index (κ2) is 5.28. The van der Waals surface area contributed by atoms with E-state index in [1.165, 1.54) is 4.31 Å². The van der Waals surface area contributed by atoms with Gasteiger partial charge >= 0.3 is 0 Å². The Morgan fingerprint density at radius 2 is 2.17 bits per heavy atom. The topological polar surface area (TPSA) is 46.6 Å². The molecule has 0 N–H and O–H groups in total. The van der Waals surface area contributed by atoms with Crippen molar-refractivity contribution in [2.75, 3.05) is 19.8 Å². The standard InChI is InChI=1S/C12H16BrNO3S/c1-9-3-4-11(13)7-12(9)18(15,16)14-5-6-17-8-10(14)2/h3-4,7,10H,5-6,8H2,1-2H3. The molecule has 1 aliphatic rings. The van der Waals surface area contributed by atoms with Crippen LogP contribution in [0.25, 0.3) is 0 Å². The highest BCUT2D eigenvalue weighted by Crippen LogP contribution is 2.26. The maximum atomic E-state index is 12.6. The molecule has 0 aromatic heterocycles. The van der Waals surface area contributed by atoms with E-state index in [9.17, 15) is 8.42 Å². The highest BCUT2D eigenvalue weighted by molar-refractivity contribution is 9.10. The lowest BCUT2D eigenvalue weighted by Crippen LogP contribution is -2.47. The van der Waals surface area contributed by atoms with Crippen molar-refractivity contribution in [3.8, 4) is 0 Å². The van der Waals surface area contributed by atoms with E-state index in [2.05, 4.69) is 15.9 Å². The van der Waals surface area contributed by atoms with Crippen LogP contribution in [0.1, 0.15) is 12.5 Å². The maximum absolute atomic E-state index is 12.6. The zero-order chi connectivity index (χ0) is 13.3. The van der Waals surface area contributed by atoms with E-state index in [0.717, 1.165) is 10.0 Å². The maximum Gasteiger partial charge on any atom is 0.243 e. The third-order valence-electron chi connectivity index (χ3n) is 3.04. The van der Waals surface area contributed by atoms with Crippen molar-refractivity contribution < 1.29 is 13.2 Å². The van der Waals surface area contributed by atoms with Crippen LogP contribution < -0.4 is 0 Å². The minimum absolute atomic E-state index is 0.123. The Bertz CT molecular complexity index is 544. The van der Waals surface area contributed by atoms with Crippen molar-refractivity contribution in [2.45, 2.75) is 24.8 Å². The molecule has 0 aliphatic carbocycles. The van der Waals surface area contributed by atoms with Crippen LogP contribution in [0.2, 0.25) is 0 Å². The molecule has 0 radical (unpaired) electrons. The fourth-order valence-electron chi connectivity index (χ4n) is 2.05. The summed E-state index contributed by atoms with van der Waals surface area (Å²) in [4.78, 5) is 0.366. The molecule has 1 unspecified atom stereocenters. The number of hydrogen-bond donors (Lipinski definition) is 0. The van der Waals surface area contributed by atoms with Crippen LogP contribution in [0.5, 0.6) is 0 Å². The summed E-state index contributed by atoms with van der Waals surface area (Å²) in [5.74, 6) is 0. The van der Waals surface area contributed by atoms with Crippen LogP contribution in [0.3, 0.4) is 0 Å². The lowest BCUT2D eigenvalue weighted by Gasteiger charge is -2.32. The Morgan fingerprint density at radius 1 is 1.44 bits per heavy atom.